The highest BCUT2D eigenvalue weighted by molar-refractivity contribution is 6.09. The molecule has 0 N–H and O–H groups in total. The van der Waals surface area contributed by atoms with E-state index in [-0.39, 0.29) is 0 Å². The van der Waals surface area contributed by atoms with Crippen LogP contribution >= 0.6 is 0 Å². The summed E-state index contributed by atoms with van der Waals surface area (Å²) in [5, 5.41) is 5.16. The van der Waals surface area contributed by atoms with Crippen molar-refractivity contribution in [3.05, 3.63) is 210 Å². The van der Waals surface area contributed by atoms with Crippen LogP contribution in [0.5, 0.6) is 0 Å². The van der Waals surface area contributed by atoms with Crippen LogP contribution in [0.4, 0.5) is 0 Å². The molecule has 0 radical (unpaired) electrons. The second-order valence-corrected chi connectivity index (χ2v) is 14.9. The topological polar surface area (TPSA) is 17.8 Å². The van der Waals surface area contributed by atoms with Crippen molar-refractivity contribution in [3.63, 3.8) is 0 Å². The molecule has 2 heteroatoms. The molecular formula is C52H34N2. The summed E-state index contributed by atoms with van der Waals surface area (Å²) in [6.07, 6.45) is 8.91. The zero-order chi connectivity index (χ0) is 35.4. The summed E-state index contributed by atoms with van der Waals surface area (Å²) in [5.41, 5.74) is 17.3. The van der Waals surface area contributed by atoms with Crippen molar-refractivity contribution in [2.24, 2.45) is 0 Å². The molecule has 0 aliphatic heterocycles. The first kappa shape index (κ1) is 29.8. The highest BCUT2D eigenvalue weighted by Gasteiger charge is 2.53. The van der Waals surface area contributed by atoms with Gasteiger partial charge in [0.1, 0.15) is 5.82 Å². The minimum Gasteiger partial charge on any atom is -0.292 e. The highest BCUT2D eigenvalue weighted by atomic mass is 15.1. The predicted molar refractivity (Wildman–Crippen MR) is 224 cm³/mol. The molecule has 54 heavy (non-hydrogen) atoms. The van der Waals surface area contributed by atoms with E-state index in [4.69, 9.17) is 4.98 Å². The number of hydrogen-bond donors (Lipinski definition) is 0. The second kappa shape index (κ2) is 11.1. The number of para-hydroxylation sites is 2. The predicted octanol–water partition coefficient (Wildman–Crippen LogP) is 13.1. The molecule has 0 saturated carbocycles. The van der Waals surface area contributed by atoms with Crippen LogP contribution in [0.1, 0.15) is 40.9 Å². The maximum absolute atomic E-state index is 5.14. The molecule has 0 amide bonds. The van der Waals surface area contributed by atoms with E-state index in [0.29, 0.717) is 0 Å². The van der Waals surface area contributed by atoms with Crippen molar-refractivity contribution in [1.29, 1.82) is 0 Å². The summed E-state index contributed by atoms with van der Waals surface area (Å²) in [6, 6.07) is 61.1. The quantitative estimate of drug-likeness (QED) is 0.181. The first-order valence-corrected chi connectivity index (χ1v) is 19.0. The van der Waals surface area contributed by atoms with E-state index in [0.717, 1.165) is 35.4 Å². The molecule has 1 spiro atoms. The molecule has 1 heterocycles. The van der Waals surface area contributed by atoms with Crippen molar-refractivity contribution >= 4 is 38.2 Å². The second-order valence-electron chi connectivity index (χ2n) is 14.9. The minimum absolute atomic E-state index is 0.430. The largest absolute Gasteiger partial charge is 0.292 e. The van der Waals surface area contributed by atoms with Crippen LogP contribution in [0, 0.1) is 0 Å². The number of fused-ring (bicyclic) bond motifs is 15. The summed E-state index contributed by atoms with van der Waals surface area (Å²) >= 11 is 0. The maximum atomic E-state index is 5.14. The van der Waals surface area contributed by atoms with Crippen molar-refractivity contribution in [3.8, 4) is 39.1 Å². The Morgan fingerprint density at radius 2 is 1.19 bits per heavy atom. The lowest BCUT2D eigenvalue weighted by Crippen LogP contribution is -2.26. The lowest BCUT2D eigenvalue weighted by Gasteiger charge is -2.32. The molecule has 0 unspecified atom stereocenters. The smallest absolute Gasteiger partial charge is 0.145 e. The van der Waals surface area contributed by atoms with Gasteiger partial charge in [0.15, 0.2) is 0 Å². The molecular weight excluding hydrogens is 653 g/mol. The number of aromatic nitrogens is 2. The molecule has 3 aliphatic carbocycles. The average molecular weight is 687 g/mol. The molecule has 0 saturated heterocycles. The third-order valence-electron chi connectivity index (χ3n) is 12.2. The lowest BCUT2D eigenvalue weighted by molar-refractivity contribution is 0.809. The normalized spacial score (nSPS) is 14.7. The Labute approximate surface area is 314 Å². The molecule has 1 aromatic heterocycles. The van der Waals surface area contributed by atoms with E-state index in [1.807, 2.05) is 0 Å². The van der Waals surface area contributed by atoms with Crippen LogP contribution in [0.25, 0.3) is 77.2 Å². The van der Waals surface area contributed by atoms with Gasteiger partial charge in [0.05, 0.1) is 16.4 Å². The van der Waals surface area contributed by atoms with Gasteiger partial charge < -0.3 is 0 Å². The molecule has 0 fully saturated rings. The van der Waals surface area contributed by atoms with Gasteiger partial charge in [-0.05, 0) is 120 Å². The fourth-order valence-electron chi connectivity index (χ4n) is 10.0. The first-order valence-electron chi connectivity index (χ1n) is 19.0. The Morgan fingerprint density at radius 1 is 0.500 bits per heavy atom. The molecule has 8 aromatic carbocycles. The summed E-state index contributed by atoms with van der Waals surface area (Å²) in [6.45, 7) is 0. The molecule has 2 nitrogen and oxygen atoms in total. The van der Waals surface area contributed by atoms with Crippen LogP contribution < -0.4 is 0 Å². The van der Waals surface area contributed by atoms with Crippen LogP contribution in [0.3, 0.4) is 0 Å². The monoisotopic (exact) mass is 686 g/mol. The maximum Gasteiger partial charge on any atom is 0.145 e. The average Bonchev–Trinajstić information content (AvgIpc) is 3.88. The van der Waals surface area contributed by atoms with Crippen molar-refractivity contribution < 1.29 is 0 Å². The Kier molecular flexibility index (Phi) is 6.13. The number of hydrogen-bond acceptors (Lipinski definition) is 1. The van der Waals surface area contributed by atoms with Gasteiger partial charge in [0.25, 0.3) is 0 Å². The van der Waals surface area contributed by atoms with E-state index >= 15 is 0 Å². The van der Waals surface area contributed by atoms with Crippen molar-refractivity contribution in [2.75, 3.05) is 0 Å². The Morgan fingerprint density at radius 3 is 1.98 bits per heavy atom. The van der Waals surface area contributed by atoms with Crippen LogP contribution in [-0.2, 0) is 5.41 Å². The van der Waals surface area contributed by atoms with Crippen molar-refractivity contribution in [1.82, 2.24) is 9.55 Å². The molecule has 0 bridgehead atoms. The molecule has 0 atom stereocenters. The first-order chi connectivity index (χ1) is 26.8. The number of benzene rings is 8. The Bertz CT molecular complexity index is 3070. The zero-order valence-corrected chi connectivity index (χ0v) is 29.6. The van der Waals surface area contributed by atoms with Gasteiger partial charge in [0.2, 0.25) is 0 Å². The summed E-state index contributed by atoms with van der Waals surface area (Å²) in [5.74, 6) is 0.993. The standard InChI is InChI=1S/C52H34N2/c1-2-14-34(15-3-1)51-53-47-23-10-11-24-48(47)54(51)38-17-12-16-35(32-38)36-26-28-40-37(31-36)27-30-44-43-29-25-33-13-4-5-18-39(33)49(43)52(50(40)44)45-21-8-6-19-41(45)42-20-7-9-22-46(42)52/h2,4-32H,1,3H2. The van der Waals surface area contributed by atoms with Crippen LogP contribution in [0.15, 0.2) is 182 Å². The van der Waals surface area contributed by atoms with Gasteiger partial charge in [-0.2, -0.15) is 0 Å². The minimum atomic E-state index is -0.430. The number of allylic oxidation sites excluding steroid dienone is 4. The third kappa shape index (κ3) is 3.92. The zero-order valence-electron chi connectivity index (χ0n) is 29.6. The lowest BCUT2D eigenvalue weighted by atomic mass is 9.68. The highest BCUT2D eigenvalue weighted by Crippen LogP contribution is 2.65. The number of nitrogens with zero attached hydrogens (tertiary/aromatic N) is 2. The van der Waals surface area contributed by atoms with Gasteiger partial charge in [0, 0.05) is 11.3 Å². The molecule has 9 aromatic rings. The van der Waals surface area contributed by atoms with E-state index in [2.05, 4.69) is 187 Å². The third-order valence-corrected chi connectivity index (χ3v) is 12.2. The van der Waals surface area contributed by atoms with Crippen LogP contribution in [0.2, 0.25) is 0 Å². The van der Waals surface area contributed by atoms with Gasteiger partial charge >= 0.3 is 0 Å². The van der Waals surface area contributed by atoms with Crippen molar-refractivity contribution in [2.45, 2.75) is 18.3 Å². The van der Waals surface area contributed by atoms with Gasteiger partial charge in [-0.25, -0.2) is 4.98 Å². The fourth-order valence-corrected chi connectivity index (χ4v) is 10.0. The van der Waals surface area contributed by atoms with E-state index in [9.17, 15) is 0 Å². The van der Waals surface area contributed by atoms with E-state index in [1.54, 1.807) is 0 Å². The molecule has 3 aliphatic rings. The summed E-state index contributed by atoms with van der Waals surface area (Å²) in [4.78, 5) is 5.14. The van der Waals surface area contributed by atoms with Gasteiger partial charge in [-0.3, -0.25) is 4.57 Å². The van der Waals surface area contributed by atoms with E-state index < -0.39 is 5.41 Å². The Hall–Kier alpha value is -6.77. The number of imidazole rings is 1. The summed E-state index contributed by atoms with van der Waals surface area (Å²) in [7, 11) is 0. The Balaban J connectivity index is 1.08. The summed E-state index contributed by atoms with van der Waals surface area (Å²) < 4.78 is 2.33. The van der Waals surface area contributed by atoms with Crippen LogP contribution in [-0.4, -0.2) is 9.55 Å². The van der Waals surface area contributed by atoms with Gasteiger partial charge in [-0.15, -0.1) is 0 Å². The fraction of sp³-hybridized carbons (Fsp3) is 0.0577. The SMILES string of the molecule is C1=CC(c2nc3ccccc3n2-c2cccc(-c3ccc4c5c(ccc4c3)-c3ccc4ccccc4c3C53c4ccccc4-c4ccccc43)c2)=CCC1. The van der Waals surface area contributed by atoms with Gasteiger partial charge in [-0.1, -0.05) is 152 Å². The molecule has 12 rings (SSSR count). The number of rotatable bonds is 3. The molecule has 252 valence electrons. The van der Waals surface area contributed by atoms with E-state index in [1.165, 1.54) is 82.8 Å².